The van der Waals surface area contributed by atoms with E-state index in [1.54, 1.807) is 23.0 Å². The zero-order valence-corrected chi connectivity index (χ0v) is 16.8. The molecule has 6 rings (SSSR count). The molecule has 10 heteroatoms. The molecule has 0 saturated heterocycles. The van der Waals surface area contributed by atoms with Crippen molar-refractivity contribution in [3.8, 4) is 11.5 Å². The Labute approximate surface area is 180 Å². The summed E-state index contributed by atoms with van der Waals surface area (Å²) < 4.78 is 21.0. The molecule has 1 aliphatic heterocycles. The molecule has 0 amide bonds. The number of anilines is 1. The van der Waals surface area contributed by atoms with Gasteiger partial charge in [0.1, 0.15) is 11.9 Å². The first-order valence-electron chi connectivity index (χ1n) is 9.69. The summed E-state index contributed by atoms with van der Waals surface area (Å²) in [5.41, 5.74) is 4.12. The third-order valence-corrected chi connectivity index (χ3v) is 5.75. The van der Waals surface area contributed by atoms with Gasteiger partial charge in [0.2, 0.25) is 5.89 Å². The Morgan fingerprint density at radius 1 is 1.16 bits per heavy atom. The van der Waals surface area contributed by atoms with Crippen molar-refractivity contribution < 1.29 is 8.81 Å². The van der Waals surface area contributed by atoms with Gasteiger partial charge in [-0.1, -0.05) is 16.7 Å². The van der Waals surface area contributed by atoms with E-state index >= 15 is 0 Å². The van der Waals surface area contributed by atoms with Crippen molar-refractivity contribution in [3.05, 3.63) is 82.9 Å². The number of imidazole rings is 1. The molecule has 4 aromatic heterocycles. The third-order valence-electron chi connectivity index (χ3n) is 5.43. The predicted molar refractivity (Wildman–Crippen MR) is 111 cm³/mol. The van der Waals surface area contributed by atoms with Crippen molar-refractivity contribution >= 4 is 23.1 Å². The number of aromatic nitrogens is 6. The highest BCUT2D eigenvalue weighted by Crippen LogP contribution is 2.37. The average molecular weight is 436 g/mol. The van der Waals surface area contributed by atoms with E-state index in [1.165, 1.54) is 12.1 Å². The number of nitrogens with zero attached hydrogens (tertiary/aromatic N) is 6. The van der Waals surface area contributed by atoms with Crippen LogP contribution in [0.5, 0.6) is 0 Å². The number of hydrogen-bond donors (Lipinski definition) is 1. The second kappa shape index (κ2) is 6.92. The van der Waals surface area contributed by atoms with Crippen LogP contribution in [-0.2, 0) is 6.42 Å². The SMILES string of the molecule is Fc1ccc(-c2nnc(N3CCc4[nH]cnc4[C@@H]3c3cc4c(Cl)cccn4n3)o2)cc1. The molecular formula is C21H15ClFN7O. The Kier molecular flexibility index (Phi) is 4.03. The van der Waals surface area contributed by atoms with Crippen molar-refractivity contribution in [1.82, 2.24) is 29.8 Å². The number of H-pyrrole nitrogens is 1. The van der Waals surface area contributed by atoms with Gasteiger partial charge in [0, 0.05) is 30.4 Å². The van der Waals surface area contributed by atoms with E-state index in [0.29, 0.717) is 29.0 Å². The van der Waals surface area contributed by atoms with Gasteiger partial charge in [-0.25, -0.2) is 13.9 Å². The van der Waals surface area contributed by atoms with Crippen LogP contribution in [0.25, 0.3) is 17.0 Å². The van der Waals surface area contributed by atoms with Crippen LogP contribution in [0.4, 0.5) is 10.4 Å². The van der Waals surface area contributed by atoms with E-state index in [1.807, 2.05) is 29.3 Å². The van der Waals surface area contributed by atoms with Gasteiger partial charge in [-0.15, -0.1) is 5.10 Å². The summed E-state index contributed by atoms with van der Waals surface area (Å²) in [5, 5.41) is 13.8. The highest BCUT2D eigenvalue weighted by atomic mass is 35.5. The molecule has 0 bridgehead atoms. The van der Waals surface area contributed by atoms with Crippen LogP contribution < -0.4 is 4.90 Å². The molecule has 0 fully saturated rings. The summed E-state index contributed by atoms with van der Waals surface area (Å²) in [4.78, 5) is 9.74. The summed E-state index contributed by atoms with van der Waals surface area (Å²) in [6.07, 6.45) is 4.28. The van der Waals surface area contributed by atoms with Gasteiger partial charge in [0.15, 0.2) is 0 Å². The maximum Gasteiger partial charge on any atom is 0.319 e. The fourth-order valence-corrected chi connectivity index (χ4v) is 4.17. The van der Waals surface area contributed by atoms with E-state index in [-0.39, 0.29) is 11.9 Å². The standard InChI is InChI=1S/C21H15ClFN7O/c22-14-2-1-8-30-17(14)10-16(28-30)19-18-15(24-11-25-18)7-9-29(19)21-27-26-20(31-21)12-3-5-13(23)6-4-12/h1-6,8,10-11,19H,7,9H2,(H,24,25)/t19-/m0/s1. The first-order valence-corrected chi connectivity index (χ1v) is 10.1. The molecule has 0 saturated carbocycles. The van der Waals surface area contributed by atoms with Crippen LogP contribution in [0, 0.1) is 5.82 Å². The first kappa shape index (κ1) is 18.1. The molecule has 1 atom stereocenters. The third kappa shape index (κ3) is 2.97. The first-order chi connectivity index (χ1) is 15.2. The van der Waals surface area contributed by atoms with Crippen molar-refractivity contribution in [2.24, 2.45) is 0 Å². The van der Waals surface area contributed by atoms with Crippen LogP contribution in [0.15, 0.2) is 59.4 Å². The van der Waals surface area contributed by atoms with Gasteiger partial charge in [-0.2, -0.15) is 5.10 Å². The summed E-state index contributed by atoms with van der Waals surface area (Å²) in [5.74, 6) is -0.00391. The molecule has 5 aromatic rings. The van der Waals surface area contributed by atoms with Crippen LogP contribution in [0.3, 0.4) is 0 Å². The second-order valence-electron chi connectivity index (χ2n) is 7.26. The summed E-state index contributed by atoms with van der Waals surface area (Å²) in [7, 11) is 0. The average Bonchev–Trinajstić information content (AvgIpc) is 3.52. The lowest BCUT2D eigenvalue weighted by molar-refractivity contribution is 0.503. The molecule has 154 valence electrons. The molecule has 0 unspecified atom stereocenters. The Morgan fingerprint density at radius 3 is 2.87 bits per heavy atom. The Morgan fingerprint density at radius 2 is 2.03 bits per heavy atom. The Balaban J connectivity index is 1.44. The maximum absolute atomic E-state index is 13.3. The van der Waals surface area contributed by atoms with E-state index in [2.05, 4.69) is 20.2 Å². The molecule has 0 radical (unpaired) electrons. The van der Waals surface area contributed by atoms with E-state index in [9.17, 15) is 4.39 Å². The molecule has 5 heterocycles. The molecule has 0 spiro atoms. The van der Waals surface area contributed by atoms with Gasteiger partial charge in [-0.3, -0.25) is 0 Å². The predicted octanol–water partition coefficient (Wildman–Crippen LogP) is 4.05. The quantitative estimate of drug-likeness (QED) is 0.460. The zero-order chi connectivity index (χ0) is 20.9. The summed E-state index contributed by atoms with van der Waals surface area (Å²) in [6, 6.07) is 11.6. The van der Waals surface area contributed by atoms with Crippen molar-refractivity contribution in [2.45, 2.75) is 12.5 Å². The lowest BCUT2D eigenvalue weighted by Crippen LogP contribution is -2.36. The normalized spacial score (nSPS) is 16.1. The number of fused-ring (bicyclic) bond motifs is 2. The molecule has 0 aliphatic carbocycles. The number of aromatic amines is 1. The molecular weight excluding hydrogens is 421 g/mol. The lowest BCUT2D eigenvalue weighted by Gasteiger charge is -2.32. The van der Waals surface area contributed by atoms with Crippen LogP contribution in [0.2, 0.25) is 5.02 Å². The number of benzene rings is 1. The molecule has 8 nitrogen and oxygen atoms in total. The Hall–Kier alpha value is -3.72. The molecule has 1 aliphatic rings. The van der Waals surface area contributed by atoms with E-state index in [0.717, 1.165) is 29.0 Å². The smallest absolute Gasteiger partial charge is 0.319 e. The van der Waals surface area contributed by atoms with Crippen LogP contribution in [-0.4, -0.2) is 36.3 Å². The number of rotatable bonds is 3. The van der Waals surface area contributed by atoms with Crippen LogP contribution >= 0.6 is 11.6 Å². The van der Waals surface area contributed by atoms with Crippen molar-refractivity contribution in [1.29, 1.82) is 0 Å². The fourth-order valence-electron chi connectivity index (χ4n) is 3.96. The summed E-state index contributed by atoms with van der Waals surface area (Å²) in [6.45, 7) is 0.631. The maximum atomic E-state index is 13.3. The van der Waals surface area contributed by atoms with E-state index in [4.69, 9.17) is 21.1 Å². The van der Waals surface area contributed by atoms with Crippen LogP contribution in [0.1, 0.15) is 23.1 Å². The van der Waals surface area contributed by atoms with Gasteiger partial charge < -0.3 is 14.3 Å². The second-order valence-corrected chi connectivity index (χ2v) is 7.67. The monoisotopic (exact) mass is 435 g/mol. The number of nitrogens with one attached hydrogen (secondary N) is 1. The highest BCUT2D eigenvalue weighted by molar-refractivity contribution is 6.33. The number of pyridine rings is 1. The van der Waals surface area contributed by atoms with Crippen molar-refractivity contribution in [3.63, 3.8) is 0 Å². The Bertz CT molecular complexity index is 1390. The minimum Gasteiger partial charge on any atom is -0.403 e. The number of hydrogen-bond acceptors (Lipinski definition) is 6. The fraction of sp³-hybridized carbons (Fsp3) is 0.143. The topological polar surface area (TPSA) is 88.1 Å². The minimum atomic E-state index is -0.326. The van der Waals surface area contributed by atoms with E-state index < -0.39 is 0 Å². The van der Waals surface area contributed by atoms with Gasteiger partial charge in [-0.05, 0) is 42.5 Å². The molecule has 1 aromatic carbocycles. The lowest BCUT2D eigenvalue weighted by atomic mass is 10.0. The molecule has 1 N–H and O–H groups in total. The zero-order valence-electron chi connectivity index (χ0n) is 16.0. The minimum absolute atomic E-state index is 0.319. The van der Waals surface area contributed by atoms with Gasteiger partial charge in [0.25, 0.3) is 0 Å². The highest BCUT2D eigenvalue weighted by Gasteiger charge is 2.36. The largest absolute Gasteiger partial charge is 0.403 e. The van der Waals surface area contributed by atoms with Gasteiger partial charge >= 0.3 is 6.01 Å². The summed E-state index contributed by atoms with van der Waals surface area (Å²) >= 11 is 6.36. The molecule has 31 heavy (non-hydrogen) atoms. The number of halogens is 2. The van der Waals surface area contributed by atoms with Crippen molar-refractivity contribution in [2.75, 3.05) is 11.4 Å². The van der Waals surface area contributed by atoms with Gasteiger partial charge in [0.05, 0.1) is 28.3 Å².